The minimum atomic E-state index is -1.02. The van der Waals surface area contributed by atoms with Crippen LogP contribution >= 0.6 is 0 Å². The highest BCUT2D eigenvalue weighted by Crippen LogP contribution is 2.52. The lowest BCUT2D eigenvalue weighted by Gasteiger charge is -2.46. The first kappa shape index (κ1) is 34.3. The maximum absolute atomic E-state index is 15.8. The van der Waals surface area contributed by atoms with Crippen LogP contribution in [-0.4, -0.2) is 137 Å². The number of piperazine rings is 1. The van der Waals surface area contributed by atoms with E-state index >= 15 is 4.39 Å². The van der Waals surface area contributed by atoms with E-state index in [0.717, 1.165) is 68.8 Å². The summed E-state index contributed by atoms with van der Waals surface area (Å²) in [6.07, 6.45) is -0.147. The molecule has 0 spiro atoms. The van der Waals surface area contributed by atoms with Crippen LogP contribution in [0.3, 0.4) is 0 Å². The number of amides is 4. The van der Waals surface area contributed by atoms with E-state index in [0.29, 0.717) is 53.7 Å². The lowest BCUT2D eigenvalue weighted by Crippen LogP contribution is -2.58. The topological polar surface area (TPSA) is 155 Å². The van der Waals surface area contributed by atoms with Gasteiger partial charge in [-0.1, -0.05) is 12.1 Å². The van der Waals surface area contributed by atoms with Crippen molar-refractivity contribution < 1.29 is 28.7 Å². The van der Waals surface area contributed by atoms with E-state index in [1.807, 2.05) is 23.1 Å². The number of nitrogens with zero attached hydrogens (tertiary/aromatic N) is 7. The van der Waals surface area contributed by atoms with Crippen molar-refractivity contribution in [2.75, 3.05) is 80.6 Å². The predicted molar refractivity (Wildman–Crippen MR) is 200 cm³/mol. The third kappa shape index (κ3) is 5.98. The number of rotatable bonds is 7. The van der Waals surface area contributed by atoms with Crippen LogP contribution in [0.25, 0.3) is 11.3 Å². The van der Waals surface area contributed by atoms with E-state index in [-0.39, 0.29) is 42.2 Å². The Morgan fingerprint density at radius 1 is 0.818 bits per heavy atom. The summed E-state index contributed by atoms with van der Waals surface area (Å²) >= 11 is 0. The van der Waals surface area contributed by atoms with Crippen molar-refractivity contribution in [3.8, 4) is 17.0 Å². The molecule has 286 valence electrons. The van der Waals surface area contributed by atoms with Gasteiger partial charge in [-0.2, -0.15) is 0 Å². The number of phenols is 1. The second kappa shape index (κ2) is 13.3. The lowest BCUT2D eigenvalue weighted by molar-refractivity contribution is -0.136. The fraction of sp³-hybridized carbons (Fsp3) is 0.500. The molecule has 2 aromatic carbocycles. The van der Waals surface area contributed by atoms with Crippen molar-refractivity contribution in [1.82, 2.24) is 30.2 Å². The summed E-state index contributed by atoms with van der Waals surface area (Å²) in [5.41, 5.74) is 3.52. The van der Waals surface area contributed by atoms with Gasteiger partial charge in [0.2, 0.25) is 11.8 Å². The molecule has 15 heteroatoms. The molecule has 7 heterocycles. The fourth-order valence-electron chi connectivity index (χ4n) is 10.2. The first-order chi connectivity index (χ1) is 26.7. The first-order valence-electron chi connectivity index (χ1n) is 19.6. The molecule has 14 nitrogen and oxygen atoms in total. The van der Waals surface area contributed by atoms with Gasteiger partial charge in [0.1, 0.15) is 18.0 Å². The average molecular weight is 750 g/mol. The molecule has 3 aromatic rings. The number of carbonyl (C=O) groups excluding carboxylic acids is 4. The van der Waals surface area contributed by atoms with E-state index in [1.165, 1.54) is 0 Å². The van der Waals surface area contributed by atoms with Crippen molar-refractivity contribution >= 4 is 40.8 Å². The molecule has 1 aromatic heterocycles. The molecule has 2 unspecified atom stereocenters. The fourth-order valence-corrected chi connectivity index (χ4v) is 10.2. The van der Waals surface area contributed by atoms with Gasteiger partial charge in [0.15, 0.2) is 5.82 Å². The molecule has 4 amide bonds. The maximum Gasteiger partial charge on any atom is 0.262 e. The quantitative estimate of drug-likeness (QED) is 0.304. The average Bonchev–Trinajstić information content (AvgIpc) is 3.49. The molecule has 10 rings (SSSR count). The molecule has 3 N–H and O–H groups in total. The van der Waals surface area contributed by atoms with Crippen LogP contribution in [-0.2, 0) is 9.59 Å². The molecule has 4 saturated heterocycles. The smallest absolute Gasteiger partial charge is 0.262 e. The number of hydrogen-bond donors (Lipinski definition) is 3. The summed E-state index contributed by atoms with van der Waals surface area (Å²) in [7, 11) is 0. The van der Waals surface area contributed by atoms with Crippen molar-refractivity contribution in [1.29, 1.82) is 0 Å². The van der Waals surface area contributed by atoms with E-state index in [9.17, 15) is 24.3 Å². The zero-order valence-corrected chi connectivity index (χ0v) is 30.4. The van der Waals surface area contributed by atoms with Crippen LogP contribution in [0.2, 0.25) is 0 Å². The van der Waals surface area contributed by atoms with Crippen LogP contribution in [0.15, 0.2) is 48.5 Å². The number of carbonyl (C=O) groups is 4. The van der Waals surface area contributed by atoms with E-state index in [4.69, 9.17) is 0 Å². The Hall–Kier alpha value is -5.15. The first-order valence-corrected chi connectivity index (χ1v) is 19.6. The van der Waals surface area contributed by atoms with Crippen molar-refractivity contribution in [3.05, 3.63) is 59.7 Å². The van der Waals surface area contributed by atoms with Gasteiger partial charge in [-0.15, -0.1) is 10.2 Å². The van der Waals surface area contributed by atoms with Gasteiger partial charge in [0.05, 0.1) is 28.6 Å². The summed E-state index contributed by atoms with van der Waals surface area (Å²) in [6, 6.07) is 13.6. The Morgan fingerprint density at radius 2 is 1.64 bits per heavy atom. The number of aromatic hydroxyl groups is 1. The third-order valence-corrected chi connectivity index (χ3v) is 13.2. The van der Waals surface area contributed by atoms with E-state index in [2.05, 4.69) is 35.5 Å². The molecular weight excluding hydrogens is 705 g/mol. The van der Waals surface area contributed by atoms with Crippen LogP contribution in [0.4, 0.5) is 21.6 Å². The summed E-state index contributed by atoms with van der Waals surface area (Å²) < 4.78 is 15.8. The highest BCUT2D eigenvalue weighted by Gasteiger charge is 2.56. The standard InChI is InChI=1S/C40H44FN9O5/c41-31-21-48(23-5-6-25-27(13-23)40(55)50(39(25)54)33-7-8-36(52)43-38(33)53)10-9-22(31)16-47-19-29-28(30(29)20-47)18-46-11-12-49-24(17-46)15-42-37-34(49)14-32(44-45-37)26-3-1-2-4-35(26)51/h1-6,13-14,22,24,28-31,33,51H,7-12,15-21H2,(H,42,45)(H,43,52,53)/t22-,24-,28?,29-,30+,31-,33?/m0/s1. The van der Waals surface area contributed by atoms with Gasteiger partial charge in [0, 0.05) is 89.0 Å². The molecule has 1 aliphatic carbocycles. The monoisotopic (exact) mass is 749 g/mol. The van der Waals surface area contributed by atoms with Crippen molar-refractivity contribution in [3.63, 3.8) is 0 Å². The van der Waals surface area contributed by atoms with Gasteiger partial charge < -0.3 is 25.1 Å². The molecule has 7 atom stereocenters. The van der Waals surface area contributed by atoms with Crippen LogP contribution in [0, 0.1) is 23.7 Å². The molecule has 55 heavy (non-hydrogen) atoms. The number of halogens is 1. The summed E-state index contributed by atoms with van der Waals surface area (Å²) in [4.78, 5) is 60.9. The molecule has 6 aliphatic heterocycles. The Balaban J connectivity index is 0.701. The predicted octanol–water partition coefficient (Wildman–Crippen LogP) is 2.21. The molecule has 0 radical (unpaired) electrons. The van der Waals surface area contributed by atoms with Crippen LogP contribution in [0.5, 0.6) is 5.75 Å². The number of nitrogens with one attached hydrogen (secondary N) is 2. The largest absolute Gasteiger partial charge is 0.507 e. The molecule has 7 aliphatic rings. The number of benzene rings is 2. The number of aromatic nitrogens is 2. The van der Waals surface area contributed by atoms with Crippen molar-refractivity contribution in [2.24, 2.45) is 23.7 Å². The Morgan fingerprint density at radius 3 is 2.44 bits per heavy atom. The minimum absolute atomic E-state index is 0.0568. The number of anilines is 3. The number of piperidine rings is 3. The Bertz CT molecular complexity index is 2090. The van der Waals surface area contributed by atoms with Gasteiger partial charge in [-0.3, -0.25) is 34.3 Å². The van der Waals surface area contributed by atoms with Gasteiger partial charge in [-0.05, 0) is 67.0 Å². The highest BCUT2D eigenvalue weighted by atomic mass is 19.1. The summed E-state index contributed by atoms with van der Waals surface area (Å²) in [6.45, 7) is 8.48. The summed E-state index contributed by atoms with van der Waals surface area (Å²) in [5, 5.41) is 24.9. The van der Waals surface area contributed by atoms with E-state index < -0.39 is 35.8 Å². The second-order valence-electron chi connectivity index (χ2n) is 16.4. The lowest BCUT2D eigenvalue weighted by atomic mass is 9.93. The number of hydrogen-bond acceptors (Lipinski definition) is 12. The summed E-state index contributed by atoms with van der Waals surface area (Å²) in [5.74, 6) is 0.813. The number of likely N-dealkylation sites (tertiary alicyclic amines) is 1. The van der Waals surface area contributed by atoms with E-state index in [1.54, 1.807) is 30.3 Å². The molecule has 1 saturated carbocycles. The number of para-hydroxylation sites is 1. The number of fused-ring (bicyclic) bond motifs is 5. The zero-order valence-electron chi connectivity index (χ0n) is 30.4. The SMILES string of the molecule is O=C1CCC(N2C(=O)c3ccc(N4CC[C@@H](CN5C[C@@H]6C(CN7CCN8c9cc(-c%10ccccc%10O)nnc9NC[C@H]8C7)[C@@H]6C5)[C@@H](F)C4)cc3C2=O)C(=O)N1. The Kier molecular flexibility index (Phi) is 8.28. The maximum atomic E-state index is 15.8. The number of phenolic OH excluding ortho intramolecular Hbond substituents is 1. The van der Waals surface area contributed by atoms with Gasteiger partial charge >= 0.3 is 0 Å². The van der Waals surface area contributed by atoms with Gasteiger partial charge in [0.25, 0.3) is 11.8 Å². The number of alkyl halides is 1. The normalized spacial score (nSPS) is 30.4. The van der Waals surface area contributed by atoms with Crippen LogP contribution in [0.1, 0.15) is 40.0 Å². The molecule has 0 bridgehead atoms. The van der Waals surface area contributed by atoms with Gasteiger partial charge in [-0.25, -0.2) is 4.39 Å². The zero-order chi connectivity index (χ0) is 37.5. The Labute approximate surface area is 317 Å². The third-order valence-electron chi connectivity index (χ3n) is 13.2. The minimum Gasteiger partial charge on any atom is -0.507 e. The highest BCUT2D eigenvalue weighted by molar-refractivity contribution is 6.23. The number of imide groups is 2. The molecular formula is C40H44FN9O5. The molecule has 5 fully saturated rings. The van der Waals surface area contributed by atoms with Crippen LogP contribution < -0.4 is 20.4 Å². The van der Waals surface area contributed by atoms with Crippen molar-refractivity contribution in [2.45, 2.75) is 37.5 Å². The second-order valence-corrected chi connectivity index (χ2v) is 16.4.